The van der Waals surface area contributed by atoms with Crippen LogP contribution in [-0.2, 0) is 9.84 Å². The van der Waals surface area contributed by atoms with Gasteiger partial charge in [-0.25, -0.2) is 13.4 Å². The molecule has 1 aromatic heterocycles. The summed E-state index contributed by atoms with van der Waals surface area (Å²) in [6, 6.07) is 9.63. The summed E-state index contributed by atoms with van der Waals surface area (Å²) >= 11 is 10.5. The zero-order valence-corrected chi connectivity index (χ0v) is 16.2. The number of carbonyl (C=O) groups is 1. The van der Waals surface area contributed by atoms with Gasteiger partial charge in [-0.3, -0.25) is 10.1 Å². The molecule has 0 saturated carbocycles. The van der Waals surface area contributed by atoms with Crippen LogP contribution in [0.15, 0.2) is 45.8 Å². The first kappa shape index (κ1) is 17.3. The second-order valence-electron chi connectivity index (χ2n) is 5.00. The molecule has 0 aliphatic rings. The Balaban J connectivity index is 1.93. The third-order valence-electron chi connectivity index (χ3n) is 3.18. The molecule has 0 unspecified atom stereocenters. The maximum Gasteiger partial charge on any atom is 0.258 e. The molecule has 0 fully saturated rings. The molecule has 0 bridgehead atoms. The number of sulfone groups is 1. The molecule has 1 amide bonds. The Morgan fingerprint density at radius 1 is 1.25 bits per heavy atom. The van der Waals surface area contributed by atoms with Gasteiger partial charge in [0.25, 0.3) is 5.91 Å². The number of anilines is 1. The molecule has 9 heteroatoms. The summed E-state index contributed by atoms with van der Waals surface area (Å²) in [4.78, 5) is 16.8. The van der Waals surface area contributed by atoms with Crippen molar-refractivity contribution in [1.29, 1.82) is 0 Å². The van der Waals surface area contributed by atoms with E-state index in [1.807, 2.05) is 0 Å². The van der Waals surface area contributed by atoms with Crippen LogP contribution in [0.1, 0.15) is 10.4 Å². The van der Waals surface area contributed by atoms with E-state index in [9.17, 15) is 13.2 Å². The van der Waals surface area contributed by atoms with Gasteiger partial charge in [-0.05, 0) is 36.4 Å². The fourth-order valence-electron chi connectivity index (χ4n) is 2.03. The lowest BCUT2D eigenvalue weighted by atomic mass is 10.2. The standard InChI is InChI=1S/C15H10BrClN2O3S2/c1-24(21,22)9-3-5-12-13(7-9)23-15(18-12)19-14(20)10-6-8(16)2-4-11(10)17/h2-7H,1H3,(H,18,19,20). The second-order valence-corrected chi connectivity index (χ2v) is 9.37. The summed E-state index contributed by atoms with van der Waals surface area (Å²) in [5.74, 6) is -0.385. The van der Waals surface area contributed by atoms with E-state index in [1.165, 1.54) is 17.4 Å². The van der Waals surface area contributed by atoms with E-state index in [0.717, 1.165) is 10.7 Å². The van der Waals surface area contributed by atoms with Gasteiger partial charge in [0.2, 0.25) is 0 Å². The highest BCUT2D eigenvalue weighted by Crippen LogP contribution is 2.29. The van der Waals surface area contributed by atoms with E-state index in [1.54, 1.807) is 30.3 Å². The topological polar surface area (TPSA) is 76.1 Å². The Morgan fingerprint density at radius 3 is 2.71 bits per heavy atom. The van der Waals surface area contributed by atoms with Crippen molar-refractivity contribution >= 4 is 70.0 Å². The largest absolute Gasteiger partial charge is 0.298 e. The van der Waals surface area contributed by atoms with Crippen LogP contribution in [0.3, 0.4) is 0 Å². The fraction of sp³-hybridized carbons (Fsp3) is 0.0667. The van der Waals surface area contributed by atoms with Crippen molar-refractivity contribution in [2.24, 2.45) is 0 Å². The Hall–Kier alpha value is -1.48. The molecule has 3 rings (SSSR count). The van der Waals surface area contributed by atoms with Gasteiger partial charge in [-0.15, -0.1) is 0 Å². The SMILES string of the molecule is CS(=O)(=O)c1ccc2nc(NC(=O)c3cc(Br)ccc3Cl)sc2c1. The Kier molecular flexibility index (Phi) is 4.65. The number of benzene rings is 2. The van der Waals surface area contributed by atoms with Crippen LogP contribution in [0, 0.1) is 0 Å². The molecular formula is C15H10BrClN2O3S2. The molecule has 0 spiro atoms. The van der Waals surface area contributed by atoms with E-state index < -0.39 is 9.84 Å². The quantitative estimate of drug-likeness (QED) is 0.649. The lowest BCUT2D eigenvalue weighted by Crippen LogP contribution is -2.12. The summed E-state index contributed by atoms with van der Waals surface area (Å²) in [5, 5.41) is 3.39. The number of halogens is 2. The number of amides is 1. The molecular weight excluding hydrogens is 436 g/mol. The van der Waals surface area contributed by atoms with Gasteiger partial charge in [-0.1, -0.05) is 38.9 Å². The van der Waals surface area contributed by atoms with Gasteiger partial charge in [0.15, 0.2) is 15.0 Å². The Labute approximate surface area is 155 Å². The summed E-state index contributed by atoms with van der Waals surface area (Å²) < 4.78 is 24.6. The third kappa shape index (κ3) is 3.61. The molecule has 3 aromatic rings. The van der Waals surface area contributed by atoms with Crippen molar-refractivity contribution in [1.82, 2.24) is 4.98 Å². The van der Waals surface area contributed by atoms with Gasteiger partial charge < -0.3 is 0 Å². The molecule has 1 heterocycles. The van der Waals surface area contributed by atoms with Gasteiger partial charge in [0.05, 0.1) is 25.7 Å². The number of nitrogens with zero attached hydrogens (tertiary/aromatic N) is 1. The van der Waals surface area contributed by atoms with Crippen molar-refractivity contribution in [2.75, 3.05) is 11.6 Å². The normalized spacial score (nSPS) is 11.6. The molecule has 0 aliphatic carbocycles. The first-order valence-corrected chi connectivity index (χ1v) is 10.5. The first-order valence-electron chi connectivity index (χ1n) is 6.61. The average Bonchev–Trinajstić information content (AvgIpc) is 2.89. The number of hydrogen-bond donors (Lipinski definition) is 1. The maximum absolute atomic E-state index is 12.3. The molecule has 0 atom stereocenters. The Morgan fingerprint density at radius 2 is 2.00 bits per heavy atom. The van der Waals surface area contributed by atoms with Crippen LogP contribution in [-0.4, -0.2) is 25.6 Å². The fourth-order valence-corrected chi connectivity index (χ4v) is 4.21. The zero-order valence-electron chi connectivity index (χ0n) is 12.2. The number of aromatic nitrogens is 1. The van der Waals surface area contributed by atoms with Crippen molar-refractivity contribution < 1.29 is 13.2 Å². The minimum atomic E-state index is -3.29. The number of thiazole rings is 1. The van der Waals surface area contributed by atoms with Crippen molar-refractivity contribution in [3.05, 3.63) is 51.5 Å². The number of rotatable bonds is 3. The average molecular weight is 446 g/mol. The Bertz CT molecular complexity index is 1060. The molecule has 0 saturated heterocycles. The van der Waals surface area contributed by atoms with Crippen molar-refractivity contribution in [3.8, 4) is 0 Å². The van der Waals surface area contributed by atoms with Crippen LogP contribution in [0.25, 0.3) is 10.2 Å². The van der Waals surface area contributed by atoms with E-state index in [0.29, 0.717) is 25.9 Å². The third-order valence-corrected chi connectivity index (χ3v) is 6.05. The van der Waals surface area contributed by atoms with Gasteiger partial charge in [0.1, 0.15) is 0 Å². The van der Waals surface area contributed by atoms with Crippen LogP contribution < -0.4 is 5.32 Å². The highest BCUT2D eigenvalue weighted by atomic mass is 79.9. The maximum atomic E-state index is 12.3. The van der Waals surface area contributed by atoms with Crippen LogP contribution in [0.4, 0.5) is 5.13 Å². The van der Waals surface area contributed by atoms with Gasteiger partial charge in [0, 0.05) is 10.7 Å². The zero-order chi connectivity index (χ0) is 17.5. The number of nitrogens with one attached hydrogen (secondary N) is 1. The van der Waals surface area contributed by atoms with Crippen LogP contribution >= 0.6 is 38.9 Å². The summed E-state index contributed by atoms with van der Waals surface area (Å²) in [5.41, 5.74) is 0.935. The molecule has 0 radical (unpaired) electrons. The lowest BCUT2D eigenvalue weighted by Gasteiger charge is -2.04. The summed E-state index contributed by atoms with van der Waals surface area (Å²) in [6.07, 6.45) is 1.15. The smallest absolute Gasteiger partial charge is 0.258 e. The second kappa shape index (κ2) is 6.44. The summed E-state index contributed by atoms with van der Waals surface area (Å²) in [7, 11) is -3.29. The minimum absolute atomic E-state index is 0.214. The molecule has 0 aliphatic heterocycles. The van der Waals surface area contributed by atoms with E-state index >= 15 is 0 Å². The number of fused-ring (bicyclic) bond motifs is 1. The molecule has 5 nitrogen and oxygen atoms in total. The summed E-state index contributed by atoms with van der Waals surface area (Å²) in [6.45, 7) is 0. The predicted octanol–water partition coefficient (Wildman–Crippen LogP) is 4.37. The first-order chi connectivity index (χ1) is 11.2. The predicted molar refractivity (Wildman–Crippen MR) is 99.8 cm³/mol. The lowest BCUT2D eigenvalue weighted by molar-refractivity contribution is 0.102. The van der Waals surface area contributed by atoms with Crippen molar-refractivity contribution in [2.45, 2.75) is 4.90 Å². The van der Waals surface area contributed by atoms with E-state index in [-0.39, 0.29) is 10.8 Å². The number of hydrogen-bond acceptors (Lipinski definition) is 5. The van der Waals surface area contributed by atoms with E-state index in [4.69, 9.17) is 11.6 Å². The highest BCUT2D eigenvalue weighted by molar-refractivity contribution is 9.10. The molecule has 124 valence electrons. The molecule has 2 aromatic carbocycles. The highest BCUT2D eigenvalue weighted by Gasteiger charge is 2.15. The van der Waals surface area contributed by atoms with Gasteiger partial charge >= 0.3 is 0 Å². The monoisotopic (exact) mass is 444 g/mol. The van der Waals surface area contributed by atoms with Crippen LogP contribution in [0.2, 0.25) is 5.02 Å². The number of carbonyl (C=O) groups excluding carboxylic acids is 1. The van der Waals surface area contributed by atoms with Crippen LogP contribution in [0.5, 0.6) is 0 Å². The van der Waals surface area contributed by atoms with Gasteiger partial charge in [-0.2, -0.15) is 0 Å². The van der Waals surface area contributed by atoms with Crippen molar-refractivity contribution in [3.63, 3.8) is 0 Å². The minimum Gasteiger partial charge on any atom is -0.298 e. The molecule has 24 heavy (non-hydrogen) atoms. The van der Waals surface area contributed by atoms with E-state index in [2.05, 4.69) is 26.2 Å². The molecule has 1 N–H and O–H groups in total.